The number of amides is 3. The molecule has 0 saturated carbocycles. The van der Waals surface area contributed by atoms with Crippen LogP contribution in [0.15, 0.2) is 54.6 Å². The second-order valence-corrected chi connectivity index (χ2v) is 8.69. The van der Waals surface area contributed by atoms with Crippen molar-refractivity contribution in [1.29, 1.82) is 0 Å². The molecule has 0 spiro atoms. The molecule has 3 amide bonds. The summed E-state index contributed by atoms with van der Waals surface area (Å²) in [6.45, 7) is 4.24. The van der Waals surface area contributed by atoms with Gasteiger partial charge in [-0.1, -0.05) is 42.0 Å². The van der Waals surface area contributed by atoms with E-state index in [0.29, 0.717) is 6.54 Å². The van der Waals surface area contributed by atoms with Gasteiger partial charge in [-0.25, -0.2) is 4.39 Å². The quantitative estimate of drug-likeness (QED) is 0.587. The van der Waals surface area contributed by atoms with Crippen LogP contribution in [0.2, 0.25) is 0 Å². The molecule has 2 aromatic carbocycles. The Morgan fingerprint density at radius 3 is 2.26 bits per heavy atom. The zero-order chi connectivity index (χ0) is 24.5. The van der Waals surface area contributed by atoms with Crippen molar-refractivity contribution in [3.8, 4) is 0 Å². The average Bonchev–Trinajstić information content (AvgIpc) is 3.25. The van der Waals surface area contributed by atoms with Gasteiger partial charge < -0.3 is 15.5 Å². The molecule has 0 fully saturated rings. The minimum absolute atomic E-state index is 0.0884. The first-order valence-corrected chi connectivity index (χ1v) is 10.9. The van der Waals surface area contributed by atoms with Crippen molar-refractivity contribution < 1.29 is 18.8 Å². The summed E-state index contributed by atoms with van der Waals surface area (Å²) in [7, 11) is 1.55. The van der Waals surface area contributed by atoms with Crippen LogP contribution in [-0.2, 0) is 24.4 Å². The van der Waals surface area contributed by atoms with Crippen molar-refractivity contribution in [2.45, 2.75) is 39.0 Å². The summed E-state index contributed by atoms with van der Waals surface area (Å²) in [5.41, 5.74) is 1.95. The minimum Gasteiger partial charge on any atom is -0.350 e. The molecule has 0 bridgehead atoms. The Hall–Kier alpha value is -4.01. The predicted octanol–water partition coefficient (Wildman–Crippen LogP) is 2.42. The minimum atomic E-state index is -1.22. The van der Waals surface area contributed by atoms with Crippen molar-refractivity contribution in [2.75, 3.05) is 7.05 Å². The number of aryl methyl sites for hydroxylation is 1. The van der Waals surface area contributed by atoms with Crippen LogP contribution in [0.5, 0.6) is 0 Å². The van der Waals surface area contributed by atoms with E-state index < -0.39 is 17.4 Å². The van der Waals surface area contributed by atoms with Gasteiger partial charge in [0, 0.05) is 26.2 Å². The molecule has 0 radical (unpaired) electrons. The topological polar surface area (TPSA) is 96.3 Å². The van der Waals surface area contributed by atoms with Crippen molar-refractivity contribution in [1.82, 2.24) is 25.3 Å². The maximum atomic E-state index is 13.1. The fourth-order valence-electron chi connectivity index (χ4n) is 3.79. The number of carbonyl (C=O) groups excluding carboxylic acids is 3. The average molecular weight is 464 g/mol. The van der Waals surface area contributed by atoms with Crippen LogP contribution in [0.1, 0.15) is 44.6 Å². The highest BCUT2D eigenvalue weighted by Gasteiger charge is 2.46. The Labute approximate surface area is 196 Å². The molecule has 9 heteroatoms. The third-order valence-electron chi connectivity index (χ3n) is 6.16. The molecule has 34 heavy (non-hydrogen) atoms. The van der Waals surface area contributed by atoms with Gasteiger partial charge in [0.15, 0.2) is 5.69 Å². The fourth-order valence-corrected chi connectivity index (χ4v) is 3.79. The molecule has 0 saturated heterocycles. The van der Waals surface area contributed by atoms with E-state index in [1.807, 2.05) is 31.2 Å². The smallest absolute Gasteiger partial charge is 0.272 e. The highest BCUT2D eigenvalue weighted by molar-refractivity contribution is 6.01. The molecule has 176 valence electrons. The highest BCUT2D eigenvalue weighted by Crippen LogP contribution is 2.26. The lowest BCUT2D eigenvalue weighted by Crippen LogP contribution is -2.62. The van der Waals surface area contributed by atoms with Crippen LogP contribution in [0.3, 0.4) is 0 Å². The van der Waals surface area contributed by atoms with Crippen molar-refractivity contribution in [3.63, 3.8) is 0 Å². The largest absolute Gasteiger partial charge is 0.350 e. The van der Waals surface area contributed by atoms with Gasteiger partial charge in [-0.05, 0) is 37.1 Å². The third-order valence-corrected chi connectivity index (χ3v) is 6.16. The Morgan fingerprint density at radius 2 is 1.62 bits per heavy atom. The van der Waals surface area contributed by atoms with Crippen molar-refractivity contribution in [2.24, 2.45) is 0 Å². The van der Waals surface area contributed by atoms with Gasteiger partial charge in [-0.15, -0.1) is 0 Å². The molecule has 0 unspecified atom stereocenters. The molecule has 4 rings (SSSR count). The number of nitrogens with zero attached hydrogens (tertiary/aromatic N) is 3. The van der Waals surface area contributed by atoms with Crippen molar-refractivity contribution >= 4 is 17.7 Å². The Balaban J connectivity index is 1.46. The number of benzene rings is 2. The number of hydrogen-bond acceptors (Lipinski definition) is 4. The van der Waals surface area contributed by atoms with Crippen LogP contribution < -0.4 is 10.6 Å². The second kappa shape index (κ2) is 9.09. The monoisotopic (exact) mass is 463 g/mol. The first-order chi connectivity index (χ1) is 16.2. The molecule has 1 aromatic heterocycles. The van der Waals surface area contributed by atoms with Gasteiger partial charge in [0.2, 0.25) is 5.91 Å². The summed E-state index contributed by atoms with van der Waals surface area (Å²) in [6, 6.07) is 15.0. The molecule has 1 aliphatic rings. The van der Waals surface area contributed by atoms with Gasteiger partial charge in [0.05, 0.1) is 6.54 Å². The van der Waals surface area contributed by atoms with E-state index in [4.69, 9.17) is 0 Å². The lowest BCUT2D eigenvalue weighted by molar-refractivity contribution is -0.132. The molecule has 2 N–H and O–H groups in total. The van der Waals surface area contributed by atoms with E-state index in [-0.39, 0.29) is 36.2 Å². The molecule has 1 atom stereocenters. The van der Waals surface area contributed by atoms with E-state index >= 15 is 0 Å². The van der Waals surface area contributed by atoms with Gasteiger partial charge in [-0.2, -0.15) is 5.10 Å². The van der Waals surface area contributed by atoms with Gasteiger partial charge in [-0.3, -0.25) is 19.1 Å². The maximum absolute atomic E-state index is 13.1. The van der Waals surface area contributed by atoms with Crippen LogP contribution in [-0.4, -0.2) is 45.0 Å². The first kappa shape index (κ1) is 23.2. The maximum Gasteiger partial charge on any atom is 0.272 e. The summed E-state index contributed by atoms with van der Waals surface area (Å²) in [4.78, 5) is 40.1. The molecule has 8 nitrogen and oxygen atoms in total. The number of aromatic nitrogens is 2. The molecule has 3 aromatic rings. The fraction of sp³-hybridized carbons (Fsp3) is 0.280. The number of halogens is 1. The molecule has 0 aliphatic carbocycles. The van der Waals surface area contributed by atoms with Crippen molar-refractivity contribution in [3.05, 3.63) is 88.5 Å². The van der Waals surface area contributed by atoms with E-state index in [1.54, 1.807) is 26.1 Å². The molecule has 1 aliphatic heterocycles. The molecule has 2 heterocycles. The normalized spacial score (nSPS) is 17.3. The van der Waals surface area contributed by atoms with Gasteiger partial charge in [0.25, 0.3) is 11.8 Å². The summed E-state index contributed by atoms with van der Waals surface area (Å²) in [5.74, 6) is -1.54. The van der Waals surface area contributed by atoms with Gasteiger partial charge in [0.1, 0.15) is 17.1 Å². The Morgan fingerprint density at radius 1 is 1.03 bits per heavy atom. The van der Waals surface area contributed by atoms with E-state index in [9.17, 15) is 18.8 Å². The van der Waals surface area contributed by atoms with E-state index in [2.05, 4.69) is 15.7 Å². The number of nitrogens with one attached hydrogen (secondary N) is 2. The van der Waals surface area contributed by atoms with Crippen LogP contribution in [0.25, 0.3) is 0 Å². The molecular formula is C25H26FN5O3. The summed E-state index contributed by atoms with van der Waals surface area (Å²) >= 11 is 0. The summed E-state index contributed by atoms with van der Waals surface area (Å²) in [5, 5.41) is 9.92. The number of hydrogen-bond donors (Lipinski definition) is 2. The lowest BCUT2D eigenvalue weighted by Gasteiger charge is -2.40. The van der Waals surface area contributed by atoms with Crippen LogP contribution in [0.4, 0.5) is 4.39 Å². The lowest BCUT2D eigenvalue weighted by atomic mass is 9.96. The zero-order valence-electron chi connectivity index (χ0n) is 19.3. The third kappa shape index (κ3) is 4.54. The second-order valence-electron chi connectivity index (χ2n) is 8.69. The number of rotatable bonds is 6. The van der Waals surface area contributed by atoms with E-state index in [0.717, 1.165) is 16.7 Å². The number of likely N-dealkylation sites (N-methyl/N-ethyl adjacent to an activating group) is 1. The zero-order valence-corrected chi connectivity index (χ0v) is 19.3. The molecular weight excluding hydrogens is 437 g/mol. The summed E-state index contributed by atoms with van der Waals surface area (Å²) < 4.78 is 14.5. The number of fused-ring (bicyclic) bond motifs is 1. The Bertz CT molecular complexity index is 1240. The Kier molecular flexibility index (Phi) is 6.19. The summed E-state index contributed by atoms with van der Waals surface area (Å²) in [6.07, 6.45) is 0. The SMILES string of the molecule is Cc1ccc(CNC(=O)c2cc3n(n2)C[C@@](C)(C(=O)NCc2ccc(F)cc2)N(C)C3=O)cc1. The highest BCUT2D eigenvalue weighted by atomic mass is 19.1. The first-order valence-electron chi connectivity index (χ1n) is 10.9. The van der Waals surface area contributed by atoms with Gasteiger partial charge >= 0.3 is 0 Å². The number of carbonyl (C=O) groups is 3. The standard InChI is InChI=1S/C25H26FN5O3/c1-16-4-6-17(7-5-16)13-27-22(32)20-12-21-23(33)30(3)25(2,15-31(21)29-20)24(34)28-14-18-8-10-19(26)11-9-18/h4-12H,13-15H2,1-3H3,(H,27,32)(H,28,34)/t25-/m0/s1. The predicted molar refractivity (Wildman–Crippen MR) is 123 cm³/mol. The van der Waals surface area contributed by atoms with Crippen LogP contribution >= 0.6 is 0 Å². The van der Waals surface area contributed by atoms with Crippen LogP contribution in [0, 0.1) is 12.7 Å². The van der Waals surface area contributed by atoms with E-state index in [1.165, 1.54) is 27.8 Å².